The largest absolute Gasteiger partial charge is 0.488 e. The third-order valence-corrected chi connectivity index (χ3v) is 6.54. The summed E-state index contributed by atoms with van der Waals surface area (Å²) in [7, 11) is 0. The predicted octanol–water partition coefficient (Wildman–Crippen LogP) is 4.82. The lowest BCUT2D eigenvalue weighted by molar-refractivity contribution is 0.267. The van der Waals surface area contributed by atoms with E-state index in [9.17, 15) is 9.59 Å². The van der Waals surface area contributed by atoms with Gasteiger partial charge in [0.1, 0.15) is 10.7 Å². The third-order valence-electron chi connectivity index (χ3n) is 5.44. The molecule has 6 nitrogen and oxygen atoms in total. The minimum Gasteiger partial charge on any atom is -0.488 e. The average Bonchev–Trinajstić information content (AvgIpc) is 3.03. The molecule has 32 heavy (non-hydrogen) atoms. The first-order chi connectivity index (χ1) is 15.2. The molecule has 166 valence electrons. The minimum absolute atomic E-state index is 0.103. The van der Waals surface area contributed by atoms with Crippen molar-refractivity contribution in [3.63, 3.8) is 0 Å². The van der Waals surface area contributed by atoms with Crippen LogP contribution in [-0.2, 0) is 6.54 Å². The van der Waals surface area contributed by atoms with Crippen LogP contribution in [0.1, 0.15) is 35.5 Å². The Hall–Kier alpha value is -3.19. The quantitative estimate of drug-likeness (QED) is 0.458. The highest BCUT2D eigenvalue weighted by atomic mass is 32.1. The predicted molar refractivity (Wildman–Crippen MR) is 130 cm³/mol. The molecule has 3 aromatic heterocycles. The van der Waals surface area contributed by atoms with Crippen LogP contribution in [0.15, 0.2) is 46.1 Å². The fourth-order valence-electron chi connectivity index (χ4n) is 3.53. The molecule has 0 atom stereocenters. The number of hydrogen-bond donors (Lipinski definition) is 1. The van der Waals surface area contributed by atoms with Crippen LogP contribution in [0, 0.1) is 26.7 Å². The Bertz CT molecular complexity index is 1400. The van der Waals surface area contributed by atoms with Gasteiger partial charge in [0.2, 0.25) is 5.43 Å². The summed E-state index contributed by atoms with van der Waals surface area (Å²) < 4.78 is 7.23. The molecule has 0 aliphatic carbocycles. The standard InChI is InChI=1S/C25H27N3O3S/c1-14(2)13-31-21-11-26-19(10-20(21)29)12-28-23(18-8-6-15(3)7-9-18)27-24-22(25(28)30)16(4)17(5)32-24/h6-11,14H,12-13H2,1-5H3,(H,26,29). The zero-order chi connectivity index (χ0) is 23.0. The molecule has 0 fully saturated rings. The van der Waals surface area contributed by atoms with Crippen LogP contribution in [0.4, 0.5) is 0 Å². The summed E-state index contributed by atoms with van der Waals surface area (Å²) in [5.74, 6) is 1.19. The second kappa shape index (κ2) is 8.74. The van der Waals surface area contributed by atoms with E-state index in [-0.39, 0.29) is 23.3 Å². The number of pyridine rings is 1. The lowest BCUT2D eigenvalue weighted by Gasteiger charge is -2.14. The van der Waals surface area contributed by atoms with E-state index in [1.807, 2.05) is 58.9 Å². The number of hydrogen-bond acceptors (Lipinski definition) is 5. The minimum atomic E-state index is -0.207. The van der Waals surface area contributed by atoms with Crippen LogP contribution in [-0.4, -0.2) is 21.1 Å². The highest BCUT2D eigenvalue weighted by Crippen LogP contribution is 2.29. The number of benzene rings is 1. The van der Waals surface area contributed by atoms with Crippen molar-refractivity contribution in [1.82, 2.24) is 14.5 Å². The molecule has 0 radical (unpaired) electrons. The number of thiophene rings is 1. The summed E-state index contributed by atoms with van der Waals surface area (Å²) in [6.45, 7) is 10.7. The number of aromatic nitrogens is 3. The summed E-state index contributed by atoms with van der Waals surface area (Å²) in [6.07, 6.45) is 1.57. The zero-order valence-electron chi connectivity index (χ0n) is 19.0. The van der Waals surface area contributed by atoms with Crippen molar-refractivity contribution >= 4 is 21.6 Å². The van der Waals surface area contributed by atoms with Gasteiger partial charge >= 0.3 is 0 Å². The molecule has 7 heteroatoms. The smallest absolute Gasteiger partial charge is 0.263 e. The summed E-state index contributed by atoms with van der Waals surface area (Å²) in [4.78, 5) is 35.9. The van der Waals surface area contributed by atoms with Crippen LogP contribution >= 0.6 is 11.3 Å². The number of rotatable bonds is 6. The van der Waals surface area contributed by atoms with Crippen LogP contribution in [0.2, 0.25) is 0 Å². The molecule has 4 aromatic rings. The number of fused-ring (bicyclic) bond motifs is 1. The summed E-state index contributed by atoms with van der Waals surface area (Å²) in [5.41, 5.74) is 3.26. The number of aromatic amines is 1. The van der Waals surface area contributed by atoms with Gasteiger partial charge in [-0.05, 0) is 32.3 Å². The molecule has 0 saturated carbocycles. The van der Waals surface area contributed by atoms with E-state index in [1.54, 1.807) is 10.8 Å². The normalized spacial score (nSPS) is 11.4. The maximum Gasteiger partial charge on any atom is 0.263 e. The number of nitrogens with zero attached hydrogens (tertiary/aromatic N) is 2. The van der Waals surface area contributed by atoms with E-state index in [0.29, 0.717) is 29.4 Å². The van der Waals surface area contributed by atoms with E-state index in [4.69, 9.17) is 9.72 Å². The second-order valence-electron chi connectivity index (χ2n) is 8.55. The molecule has 3 heterocycles. The highest BCUT2D eigenvalue weighted by molar-refractivity contribution is 7.18. The topological polar surface area (TPSA) is 77.0 Å². The molecule has 0 aliphatic rings. The Labute approximate surface area is 190 Å². The first-order valence-corrected chi connectivity index (χ1v) is 11.5. The number of nitrogens with one attached hydrogen (secondary N) is 1. The molecule has 0 spiro atoms. The molecule has 1 N–H and O–H groups in total. The van der Waals surface area contributed by atoms with E-state index >= 15 is 0 Å². The molecule has 0 unspecified atom stereocenters. The Balaban J connectivity index is 1.83. The molecule has 0 amide bonds. The summed E-state index contributed by atoms with van der Waals surface area (Å²) in [6, 6.07) is 9.45. The zero-order valence-corrected chi connectivity index (χ0v) is 19.8. The number of H-pyrrole nitrogens is 1. The molecule has 1 aromatic carbocycles. The first kappa shape index (κ1) is 22.0. The summed E-state index contributed by atoms with van der Waals surface area (Å²) in [5, 5.41) is 0.641. The van der Waals surface area contributed by atoms with E-state index in [2.05, 4.69) is 4.98 Å². The maximum atomic E-state index is 13.6. The number of aryl methyl sites for hydroxylation is 3. The van der Waals surface area contributed by atoms with Gasteiger partial charge in [0, 0.05) is 28.4 Å². The Morgan fingerprint density at radius 2 is 1.84 bits per heavy atom. The van der Waals surface area contributed by atoms with Gasteiger partial charge in [0.15, 0.2) is 5.75 Å². The molecular formula is C25H27N3O3S. The maximum absolute atomic E-state index is 13.6. The van der Waals surface area contributed by atoms with E-state index < -0.39 is 0 Å². The average molecular weight is 450 g/mol. The van der Waals surface area contributed by atoms with Gasteiger partial charge in [0.05, 0.1) is 18.5 Å². The number of ether oxygens (including phenoxy) is 1. The molecule has 0 aliphatic heterocycles. The van der Waals surface area contributed by atoms with Crippen LogP contribution in [0.25, 0.3) is 21.6 Å². The first-order valence-electron chi connectivity index (χ1n) is 10.7. The monoisotopic (exact) mass is 449 g/mol. The Kier molecular flexibility index (Phi) is 6.02. The van der Waals surface area contributed by atoms with Crippen molar-refractivity contribution in [2.45, 2.75) is 41.2 Å². The Morgan fingerprint density at radius 1 is 1.12 bits per heavy atom. The Morgan fingerprint density at radius 3 is 2.50 bits per heavy atom. The third kappa shape index (κ3) is 4.25. The van der Waals surface area contributed by atoms with Gasteiger partial charge in [-0.2, -0.15) is 0 Å². The fourth-order valence-corrected chi connectivity index (χ4v) is 4.55. The van der Waals surface area contributed by atoms with Crippen molar-refractivity contribution < 1.29 is 4.74 Å². The van der Waals surface area contributed by atoms with Crippen molar-refractivity contribution in [2.24, 2.45) is 5.92 Å². The van der Waals surface area contributed by atoms with Crippen molar-refractivity contribution in [2.75, 3.05) is 6.61 Å². The van der Waals surface area contributed by atoms with Gasteiger partial charge < -0.3 is 9.72 Å². The lowest BCUT2D eigenvalue weighted by Crippen LogP contribution is -2.25. The molecule has 4 rings (SSSR count). The molecule has 0 saturated heterocycles. The van der Waals surface area contributed by atoms with Crippen molar-refractivity contribution in [1.29, 1.82) is 0 Å². The van der Waals surface area contributed by atoms with Crippen molar-refractivity contribution in [3.05, 3.63) is 78.8 Å². The van der Waals surface area contributed by atoms with Gasteiger partial charge in [-0.15, -0.1) is 11.3 Å². The molecule has 0 bridgehead atoms. The highest BCUT2D eigenvalue weighted by Gasteiger charge is 2.18. The van der Waals surface area contributed by atoms with Crippen LogP contribution < -0.4 is 15.7 Å². The second-order valence-corrected chi connectivity index (χ2v) is 9.75. The van der Waals surface area contributed by atoms with Gasteiger partial charge in [-0.1, -0.05) is 43.7 Å². The van der Waals surface area contributed by atoms with Crippen molar-refractivity contribution in [3.8, 4) is 17.1 Å². The van der Waals surface area contributed by atoms with Gasteiger partial charge in [-0.3, -0.25) is 14.2 Å². The SMILES string of the molecule is Cc1ccc(-c2nc3sc(C)c(C)c3c(=O)n2Cc2cc(=O)c(OCC(C)C)c[nH]2)cc1. The molecular weight excluding hydrogens is 422 g/mol. The van der Waals surface area contributed by atoms with Crippen LogP contribution in [0.5, 0.6) is 5.75 Å². The fraction of sp³-hybridized carbons (Fsp3) is 0.320. The lowest BCUT2D eigenvalue weighted by atomic mass is 10.1. The van der Waals surface area contributed by atoms with E-state index in [1.165, 1.54) is 17.4 Å². The van der Waals surface area contributed by atoms with Crippen LogP contribution in [0.3, 0.4) is 0 Å². The van der Waals surface area contributed by atoms with Gasteiger partial charge in [0.25, 0.3) is 5.56 Å². The van der Waals surface area contributed by atoms with E-state index in [0.717, 1.165) is 26.4 Å². The van der Waals surface area contributed by atoms with Gasteiger partial charge in [-0.25, -0.2) is 4.98 Å². The summed E-state index contributed by atoms with van der Waals surface area (Å²) >= 11 is 1.53.